The Balaban J connectivity index is 0.997. The summed E-state index contributed by atoms with van der Waals surface area (Å²) < 4.78 is 0. The van der Waals surface area contributed by atoms with Crippen LogP contribution in [0, 0.1) is 0 Å². The maximum atomic E-state index is 2.34. The fourth-order valence-corrected chi connectivity index (χ4v) is 6.40. The lowest BCUT2D eigenvalue weighted by Crippen LogP contribution is -2.16. The zero-order valence-corrected chi connectivity index (χ0v) is 27.5. The van der Waals surface area contributed by atoms with Crippen molar-refractivity contribution in [2.75, 3.05) is 9.80 Å². The van der Waals surface area contributed by atoms with Gasteiger partial charge in [0.15, 0.2) is 0 Å². The molecule has 4 aromatic carbocycles. The number of rotatable bonds is 10. The minimum absolute atomic E-state index is 1.04. The molecule has 0 aliphatic heterocycles. The predicted octanol–water partition coefficient (Wildman–Crippen LogP) is 12.8. The Kier molecular flexibility index (Phi) is 9.91. The molecule has 0 saturated heterocycles. The number of anilines is 4. The molecule has 0 saturated carbocycles. The highest BCUT2D eigenvalue weighted by atomic mass is 15.2. The van der Waals surface area contributed by atoms with E-state index in [-0.39, 0.29) is 0 Å². The lowest BCUT2D eigenvalue weighted by Gasteiger charge is -2.27. The summed E-state index contributed by atoms with van der Waals surface area (Å²) in [6, 6.07) is 39.0. The summed E-state index contributed by atoms with van der Waals surface area (Å²) in [5, 5.41) is 0. The number of para-hydroxylation sites is 2. The van der Waals surface area contributed by atoms with Crippen molar-refractivity contribution in [3.63, 3.8) is 0 Å². The fourth-order valence-electron chi connectivity index (χ4n) is 6.40. The van der Waals surface area contributed by atoms with Gasteiger partial charge in [0.25, 0.3) is 0 Å². The van der Waals surface area contributed by atoms with E-state index >= 15 is 0 Å². The highest BCUT2D eigenvalue weighted by molar-refractivity contribution is 5.73. The minimum atomic E-state index is 1.04. The maximum absolute atomic E-state index is 2.34. The number of benzene rings is 4. The van der Waals surface area contributed by atoms with Gasteiger partial charge in [0.2, 0.25) is 0 Å². The lowest BCUT2D eigenvalue weighted by atomic mass is 9.96. The Morgan fingerprint density at radius 3 is 1.15 bits per heavy atom. The van der Waals surface area contributed by atoms with Crippen molar-refractivity contribution in [2.45, 2.75) is 38.5 Å². The van der Waals surface area contributed by atoms with Crippen LogP contribution >= 0.6 is 0 Å². The molecule has 0 heterocycles. The van der Waals surface area contributed by atoms with Gasteiger partial charge in [-0.05, 0) is 121 Å². The van der Waals surface area contributed by atoms with Gasteiger partial charge in [0.05, 0.1) is 0 Å². The van der Waals surface area contributed by atoms with E-state index in [9.17, 15) is 0 Å². The van der Waals surface area contributed by atoms with E-state index in [1.54, 1.807) is 0 Å². The molecule has 7 rings (SSSR count). The van der Waals surface area contributed by atoms with Crippen LogP contribution in [0.5, 0.6) is 0 Å². The predicted molar refractivity (Wildman–Crippen MR) is 206 cm³/mol. The molecular formula is C46H42N2. The average molecular weight is 623 g/mol. The molecule has 236 valence electrons. The van der Waals surface area contributed by atoms with Crippen LogP contribution in [0.1, 0.15) is 49.7 Å². The van der Waals surface area contributed by atoms with Crippen molar-refractivity contribution < 1.29 is 0 Å². The Morgan fingerprint density at radius 2 is 0.792 bits per heavy atom. The van der Waals surface area contributed by atoms with Crippen LogP contribution in [0.2, 0.25) is 0 Å². The van der Waals surface area contributed by atoms with E-state index in [2.05, 4.69) is 192 Å². The van der Waals surface area contributed by atoms with Gasteiger partial charge in [-0.25, -0.2) is 0 Å². The molecule has 0 aromatic heterocycles. The van der Waals surface area contributed by atoms with Gasteiger partial charge in [0, 0.05) is 34.1 Å². The Morgan fingerprint density at radius 1 is 0.396 bits per heavy atom. The monoisotopic (exact) mass is 622 g/mol. The molecule has 0 N–H and O–H groups in total. The van der Waals surface area contributed by atoms with Gasteiger partial charge in [0.1, 0.15) is 0 Å². The second kappa shape index (κ2) is 15.3. The minimum Gasteiger partial charge on any atom is -0.311 e. The van der Waals surface area contributed by atoms with Crippen LogP contribution < -0.4 is 9.80 Å². The second-order valence-corrected chi connectivity index (χ2v) is 12.4. The first-order valence-corrected chi connectivity index (χ1v) is 17.2. The molecule has 0 atom stereocenters. The molecule has 0 fully saturated rings. The molecule has 0 radical (unpaired) electrons. The zero-order valence-electron chi connectivity index (χ0n) is 27.5. The van der Waals surface area contributed by atoms with Gasteiger partial charge in [-0.2, -0.15) is 0 Å². The standard InChI is InChI=1S/C46H42N2/c1-5-13-41(14-6-1)47(42-15-7-2-8-16-42)45-33-29-39(30-34-45)27-25-37-21-23-38(24-22-37)26-28-40-31-35-46(36-32-40)48(43-17-9-3-10-18-43)44-19-11-4-12-20-44/h1,3,5-7,9-11,13-21,23,25-36H,2,4,8,12,22,24H2/b27-25+,28-26+. The summed E-state index contributed by atoms with van der Waals surface area (Å²) in [6.45, 7) is 0. The third kappa shape index (κ3) is 7.67. The normalized spacial score (nSPS) is 16.0. The molecule has 0 spiro atoms. The van der Waals surface area contributed by atoms with E-state index in [0.717, 1.165) is 38.5 Å². The molecule has 2 nitrogen and oxygen atoms in total. The largest absolute Gasteiger partial charge is 0.311 e. The van der Waals surface area contributed by atoms with Crippen LogP contribution in [-0.4, -0.2) is 0 Å². The average Bonchev–Trinajstić information content (AvgIpc) is 3.17. The number of hydrogen-bond acceptors (Lipinski definition) is 2. The number of nitrogens with zero attached hydrogens (tertiary/aromatic N) is 2. The van der Waals surface area contributed by atoms with Crippen molar-refractivity contribution in [3.05, 3.63) is 204 Å². The van der Waals surface area contributed by atoms with Crippen molar-refractivity contribution in [1.29, 1.82) is 0 Å². The van der Waals surface area contributed by atoms with Gasteiger partial charge in [-0.15, -0.1) is 0 Å². The zero-order chi connectivity index (χ0) is 32.4. The first-order valence-electron chi connectivity index (χ1n) is 17.2. The molecule has 0 bridgehead atoms. The van der Waals surface area contributed by atoms with E-state index < -0.39 is 0 Å². The SMILES string of the molecule is C1=CC(N(c2ccccc2)c2ccc(/C=C/C3=CC=C(/C=C/c4ccc(N(C5=CCCC=C5)c5ccccc5)cc4)CC3)cc2)=CCC1. The fraction of sp³-hybridized carbons (Fsp3) is 0.130. The van der Waals surface area contributed by atoms with Crippen LogP contribution in [0.15, 0.2) is 192 Å². The van der Waals surface area contributed by atoms with E-state index in [1.165, 1.54) is 56.4 Å². The van der Waals surface area contributed by atoms with Crippen molar-refractivity contribution in [3.8, 4) is 0 Å². The molecule has 2 heteroatoms. The number of allylic oxidation sites excluding steroid dienone is 12. The molecular weight excluding hydrogens is 581 g/mol. The summed E-state index contributed by atoms with van der Waals surface area (Å²) in [5.74, 6) is 0. The first-order chi connectivity index (χ1) is 23.8. The summed E-state index contributed by atoms with van der Waals surface area (Å²) in [4.78, 5) is 4.68. The molecule has 3 aliphatic rings. The summed E-state index contributed by atoms with van der Waals surface area (Å²) in [5.41, 5.74) is 12.3. The van der Waals surface area contributed by atoms with Crippen molar-refractivity contribution in [2.24, 2.45) is 0 Å². The molecule has 48 heavy (non-hydrogen) atoms. The molecule has 4 aromatic rings. The van der Waals surface area contributed by atoms with Crippen molar-refractivity contribution >= 4 is 34.9 Å². The Bertz CT molecular complexity index is 1790. The summed E-state index contributed by atoms with van der Waals surface area (Å²) in [6.07, 6.45) is 33.6. The first kappa shape index (κ1) is 31.0. The number of hydrogen-bond donors (Lipinski definition) is 0. The summed E-state index contributed by atoms with van der Waals surface area (Å²) >= 11 is 0. The van der Waals surface area contributed by atoms with Crippen LogP contribution in [0.25, 0.3) is 12.2 Å². The van der Waals surface area contributed by atoms with Gasteiger partial charge < -0.3 is 9.80 Å². The highest BCUT2D eigenvalue weighted by Gasteiger charge is 2.15. The topological polar surface area (TPSA) is 6.48 Å². The third-order valence-corrected chi connectivity index (χ3v) is 8.99. The van der Waals surface area contributed by atoms with Crippen molar-refractivity contribution in [1.82, 2.24) is 0 Å². The smallest absolute Gasteiger partial charge is 0.0461 e. The molecule has 0 unspecified atom stereocenters. The van der Waals surface area contributed by atoms with E-state index in [1.807, 2.05) is 0 Å². The van der Waals surface area contributed by atoms with Crippen LogP contribution in [0.3, 0.4) is 0 Å². The van der Waals surface area contributed by atoms with Gasteiger partial charge in [-0.1, -0.05) is 121 Å². The Hall–Kier alpha value is -5.60. The highest BCUT2D eigenvalue weighted by Crippen LogP contribution is 2.34. The quantitative estimate of drug-likeness (QED) is 0.174. The van der Waals surface area contributed by atoms with Gasteiger partial charge >= 0.3 is 0 Å². The van der Waals surface area contributed by atoms with Crippen LogP contribution in [-0.2, 0) is 0 Å². The molecule has 3 aliphatic carbocycles. The third-order valence-electron chi connectivity index (χ3n) is 8.99. The Labute approximate surface area is 286 Å². The second-order valence-electron chi connectivity index (χ2n) is 12.4. The summed E-state index contributed by atoms with van der Waals surface area (Å²) in [7, 11) is 0. The van der Waals surface area contributed by atoms with E-state index in [4.69, 9.17) is 0 Å². The van der Waals surface area contributed by atoms with Crippen LogP contribution in [0.4, 0.5) is 22.7 Å². The lowest BCUT2D eigenvalue weighted by molar-refractivity contribution is 0.954. The molecule has 0 amide bonds. The van der Waals surface area contributed by atoms with E-state index in [0.29, 0.717) is 0 Å². The maximum Gasteiger partial charge on any atom is 0.0461 e. The van der Waals surface area contributed by atoms with Gasteiger partial charge in [-0.3, -0.25) is 0 Å².